The van der Waals surface area contributed by atoms with E-state index in [0.29, 0.717) is 12.4 Å². The highest BCUT2D eigenvalue weighted by Crippen LogP contribution is 2.42. The van der Waals surface area contributed by atoms with Gasteiger partial charge in [-0.2, -0.15) is 0 Å². The molecule has 0 radical (unpaired) electrons. The zero-order chi connectivity index (χ0) is 21.7. The molecule has 1 N–H and O–H groups in total. The van der Waals surface area contributed by atoms with Crippen LogP contribution in [0.5, 0.6) is 0 Å². The van der Waals surface area contributed by atoms with Crippen molar-refractivity contribution >= 4 is 29.5 Å². The van der Waals surface area contributed by atoms with Crippen LogP contribution in [0, 0.1) is 0 Å². The highest BCUT2D eigenvalue weighted by molar-refractivity contribution is 6.06. The van der Waals surface area contributed by atoms with Crippen LogP contribution in [0.15, 0.2) is 60.8 Å². The van der Waals surface area contributed by atoms with Gasteiger partial charge in [-0.15, -0.1) is 0 Å². The lowest BCUT2D eigenvalue weighted by Gasteiger charge is -2.27. The number of rotatable bonds is 3. The fourth-order valence-corrected chi connectivity index (χ4v) is 3.37. The Balaban J connectivity index is 0.000000589. The van der Waals surface area contributed by atoms with E-state index in [1.807, 2.05) is 82.4 Å². The SMILES string of the molecule is CCC=O.CN1C(=O)C(C)(C)c2cnc(Nc3ccccc3)nc2-c2ccccc21. The van der Waals surface area contributed by atoms with Gasteiger partial charge in [-0.1, -0.05) is 43.3 Å². The second-order valence-corrected chi connectivity index (χ2v) is 7.53. The second kappa shape index (κ2) is 8.86. The lowest BCUT2D eigenvalue weighted by Crippen LogP contribution is -2.40. The summed E-state index contributed by atoms with van der Waals surface area (Å²) in [5, 5.41) is 3.23. The van der Waals surface area contributed by atoms with Crippen LogP contribution in [0.2, 0.25) is 0 Å². The first-order chi connectivity index (χ1) is 14.4. The molecule has 0 saturated carbocycles. The zero-order valence-corrected chi connectivity index (χ0v) is 17.7. The Morgan fingerprint density at radius 1 is 1.07 bits per heavy atom. The number of benzene rings is 2. The number of hydrogen-bond donors (Lipinski definition) is 1. The number of nitrogens with zero attached hydrogens (tertiary/aromatic N) is 3. The first kappa shape index (κ1) is 21.2. The molecule has 1 aliphatic heterocycles. The highest BCUT2D eigenvalue weighted by atomic mass is 16.2. The van der Waals surface area contributed by atoms with Gasteiger partial charge in [0.25, 0.3) is 0 Å². The number of carbonyl (C=O) groups excluding carboxylic acids is 2. The lowest BCUT2D eigenvalue weighted by molar-refractivity contribution is -0.122. The molecule has 0 atom stereocenters. The van der Waals surface area contributed by atoms with Crippen LogP contribution < -0.4 is 10.2 Å². The summed E-state index contributed by atoms with van der Waals surface area (Å²) in [6.07, 6.45) is 3.28. The van der Waals surface area contributed by atoms with Gasteiger partial charge < -0.3 is 15.0 Å². The van der Waals surface area contributed by atoms with Gasteiger partial charge in [-0.3, -0.25) is 4.79 Å². The largest absolute Gasteiger partial charge is 0.324 e. The lowest BCUT2D eigenvalue weighted by atomic mass is 9.83. The smallest absolute Gasteiger partial charge is 0.236 e. The van der Waals surface area contributed by atoms with Gasteiger partial charge in [0, 0.05) is 36.5 Å². The molecule has 6 nitrogen and oxygen atoms in total. The van der Waals surface area contributed by atoms with E-state index in [0.717, 1.165) is 34.5 Å². The minimum atomic E-state index is -0.714. The summed E-state index contributed by atoms with van der Waals surface area (Å²) < 4.78 is 0. The molecule has 2 aromatic carbocycles. The normalized spacial score (nSPS) is 13.9. The van der Waals surface area contributed by atoms with Gasteiger partial charge >= 0.3 is 0 Å². The van der Waals surface area contributed by atoms with Crippen molar-refractivity contribution in [1.29, 1.82) is 0 Å². The summed E-state index contributed by atoms with van der Waals surface area (Å²) in [5.41, 5.74) is 3.61. The predicted octanol–water partition coefficient (Wildman–Crippen LogP) is 4.74. The molecule has 6 heteroatoms. The van der Waals surface area contributed by atoms with Crippen molar-refractivity contribution < 1.29 is 9.59 Å². The van der Waals surface area contributed by atoms with Crippen LogP contribution in [0.4, 0.5) is 17.3 Å². The quantitative estimate of drug-likeness (QED) is 0.641. The van der Waals surface area contributed by atoms with Crippen molar-refractivity contribution in [3.05, 3.63) is 66.4 Å². The molecule has 3 aromatic rings. The van der Waals surface area contributed by atoms with Gasteiger partial charge in [0.05, 0.1) is 16.8 Å². The number of aromatic nitrogens is 2. The maximum atomic E-state index is 13.0. The monoisotopic (exact) mass is 402 g/mol. The third kappa shape index (κ3) is 4.08. The van der Waals surface area contributed by atoms with Crippen LogP contribution >= 0.6 is 0 Å². The Morgan fingerprint density at radius 2 is 1.70 bits per heavy atom. The predicted molar refractivity (Wildman–Crippen MR) is 120 cm³/mol. The van der Waals surface area contributed by atoms with Gasteiger partial charge in [-0.05, 0) is 32.0 Å². The Hall–Kier alpha value is -3.54. The second-order valence-electron chi connectivity index (χ2n) is 7.53. The fourth-order valence-electron chi connectivity index (χ4n) is 3.37. The summed E-state index contributed by atoms with van der Waals surface area (Å²) in [6.45, 7) is 5.65. The van der Waals surface area contributed by atoms with Gasteiger partial charge in [0.2, 0.25) is 11.9 Å². The molecule has 0 spiro atoms. The molecule has 2 heterocycles. The Morgan fingerprint density at radius 3 is 2.37 bits per heavy atom. The van der Waals surface area contributed by atoms with Crippen molar-refractivity contribution in [3.63, 3.8) is 0 Å². The highest BCUT2D eigenvalue weighted by Gasteiger charge is 2.39. The molecule has 154 valence electrons. The summed E-state index contributed by atoms with van der Waals surface area (Å²) in [4.78, 5) is 33.1. The Kier molecular flexibility index (Phi) is 6.26. The molecule has 1 aliphatic rings. The first-order valence-electron chi connectivity index (χ1n) is 9.91. The molecular formula is C24H26N4O2. The number of aldehydes is 1. The van der Waals surface area contributed by atoms with E-state index < -0.39 is 5.41 Å². The van der Waals surface area contributed by atoms with Crippen molar-refractivity contribution in [3.8, 4) is 11.3 Å². The van der Waals surface area contributed by atoms with E-state index in [1.165, 1.54) is 0 Å². The molecule has 1 amide bonds. The number of para-hydroxylation sites is 2. The van der Waals surface area contributed by atoms with E-state index in [-0.39, 0.29) is 5.91 Å². The van der Waals surface area contributed by atoms with Crippen molar-refractivity contribution in [1.82, 2.24) is 9.97 Å². The van der Waals surface area contributed by atoms with E-state index in [1.54, 1.807) is 11.1 Å². The standard InChI is InChI=1S/C21H20N4O.C3H6O/c1-21(2)16-13-22-20(23-14-9-5-4-6-10-14)24-18(16)15-11-7-8-12-17(15)25(3)19(21)26;1-2-3-4/h4-13H,1-3H3,(H,22,23,24);3H,2H2,1H3. The van der Waals surface area contributed by atoms with Crippen LogP contribution in [-0.2, 0) is 15.0 Å². The Bertz CT molecular complexity index is 1050. The summed E-state index contributed by atoms with van der Waals surface area (Å²) in [5.74, 6) is 0.536. The summed E-state index contributed by atoms with van der Waals surface area (Å²) in [7, 11) is 1.81. The molecular weight excluding hydrogens is 376 g/mol. The zero-order valence-electron chi connectivity index (χ0n) is 17.7. The first-order valence-corrected chi connectivity index (χ1v) is 9.91. The summed E-state index contributed by atoms with van der Waals surface area (Å²) in [6, 6.07) is 17.6. The third-order valence-electron chi connectivity index (χ3n) is 5.02. The van der Waals surface area contributed by atoms with Crippen LogP contribution in [0.1, 0.15) is 32.8 Å². The summed E-state index contributed by atoms with van der Waals surface area (Å²) >= 11 is 0. The van der Waals surface area contributed by atoms with Gasteiger partial charge in [0.15, 0.2) is 0 Å². The molecule has 0 saturated heterocycles. The average molecular weight is 402 g/mol. The molecule has 0 fully saturated rings. The van der Waals surface area contributed by atoms with E-state index in [9.17, 15) is 9.59 Å². The van der Waals surface area contributed by atoms with Crippen molar-refractivity contribution in [2.45, 2.75) is 32.6 Å². The molecule has 30 heavy (non-hydrogen) atoms. The maximum Gasteiger partial charge on any atom is 0.236 e. The minimum Gasteiger partial charge on any atom is -0.324 e. The molecule has 4 rings (SSSR count). The minimum absolute atomic E-state index is 0.0241. The van der Waals surface area contributed by atoms with Crippen LogP contribution in [0.25, 0.3) is 11.3 Å². The molecule has 0 aliphatic carbocycles. The maximum absolute atomic E-state index is 13.0. The van der Waals surface area contributed by atoms with Gasteiger partial charge in [-0.25, -0.2) is 9.97 Å². The van der Waals surface area contributed by atoms with E-state index in [4.69, 9.17) is 4.98 Å². The van der Waals surface area contributed by atoms with Crippen LogP contribution in [0.3, 0.4) is 0 Å². The van der Waals surface area contributed by atoms with Gasteiger partial charge in [0.1, 0.15) is 6.29 Å². The number of amides is 1. The van der Waals surface area contributed by atoms with Crippen molar-refractivity contribution in [2.75, 3.05) is 17.3 Å². The number of nitrogens with one attached hydrogen (secondary N) is 1. The molecule has 0 unspecified atom stereocenters. The van der Waals surface area contributed by atoms with Crippen LogP contribution in [-0.4, -0.2) is 29.2 Å². The van der Waals surface area contributed by atoms with Crippen molar-refractivity contribution in [2.24, 2.45) is 0 Å². The average Bonchev–Trinajstić information content (AvgIpc) is 2.83. The third-order valence-corrected chi connectivity index (χ3v) is 5.02. The van der Waals surface area contributed by atoms with E-state index >= 15 is 0 Å². The number of likely N-dealkylation sites (N-methyl/N-ethyl adjacent to an activating group) is 1. The Labute approximate surface area is 177 Å². The molecule has 0 bridgehead atoms. The van der Waals surface area contributed by atoms with E-state index in [2.05, 4.69) is 10.3 Å². The fraction of sp³-hybridized carbons (Fsp3) is 0.250. The number of carbonyl (C=O) groups is 2. The number of hydrogen-bond acceptors (Lipinski definition) is 5. The number of anilines is 3. The molecule has 1 aromatic heterocycles. The number of fused-ring (bicyclic) bond motifs is 3. The topological polar surface area (TPSA) is 75.2 Å².